The molecule has 2 amide bonds. The third-order valence-corrected chi connectivity index (χ3v) is 5.90. The molecule has 0 aromatic carbocycles. The zero-order valence-corrected chi connectivity index (χ0v) is 17.0. The number of ketones is 2. The molecule has 1 saturated heterocycles. The van der Waals surface area contributed by atoms with E-state index >= 15 is 0 Å². The fourth-order valence-corrected chi connectivity index (χ4v) is 4.50. The van der Waals surface area contributed by atoms with Crippen molar-refractivity contribution in [1.82, 2.24) is 9.88 Å². The summed E-state index contributed by atoms with van der Waals surface area (Å²) in [6, 6.07) is 0. The van der Waals surface area contributed by atoms with Gasteiger partial charge in [0.1, 0.15) is 0 Å². The van der Waals surface area contributed by atoms with Gasteiger partial charge in [-0.1, -0.05) is 12.8 Å². The first kappa shape index (κ1) is 21.0. The molecule has 8 heteroatoms. The number of aromatic nitrogens is 1. The number of carbonyl (C=O) groups excluding carboxylic acids is 5. The molecule has 1 aliphatic carbocycles. The molecule has 0 spiro atoms. The van der Waals surface area contributed by atoms with Gasteiger partial charge in [-0.2, -0.15) is 0 Å². The van der Waals surface area contributed by atoms with E-state index in [0.717, 1.165) is 25.7 Å². The van der Waals surface area contributed by atoms with Crippen molar-refractivity contribution in [1.29, 1.82) is 0 Å². The number of H-pyrrole nitrogens is 1. The Labute approximate surface area is 169 Å². The van der Waals surface area contributed by atoms with Crippen LogP contribution in [0.4, 0.5) is 0 Å². The van der Waals surface area contributed by atoms with E-state index in [0.29, 0.717) is 16.8 Å². The van der Waals surface area contributed by atoms with Gasteiger partial charge in [0, 0.05) is 17.8 Å². The zero-order valence-electron chi connectivity index (χ0n) is 17.0. The number of likely N-dealkylation sites (tertiary alicyclic amines) is 1. The van der Waals surface area contributed by atoms with E-state index in [-0.39, 0.29) is 48.1 Å². The molecule has 8 nitrogen and oxygen atoms in total. The Morgan fingerprint density at radius 1 is 1.07 bits per heavy atom. The van der Waals surface area contributed by atoms with E-state index < -0.39 is 18.4 Å². The lowest BCUT2D eigenvalue weighted by molar-refractivity contribution is -0.145. The molecule has 1 aromatic rings. The van der Waals surface area contributed by atoms with Gasteiger partial charge >= 0.3 is 5.97 Å². The first-order valence-electron chi connectivity index (χ1n) is 9.96. The van der Waals surface area contributed by atoms with Gasteiger partial charge in [0.25, 0.3) is 0 Å². The quantitative estimate of drug-likeness (QED) is 0.425. The molecular formula is C21H26N2O6. The van der Waals surface area contributed by atoms with Crippen LogP contribution in [0.15, 0.2) is 0 Å². The van der Waals surface area contributed by atoms with Crippen LogP contribution in [0, 0.1) is 25.7 Å². The van der Waals surface area contributed by atoms with Crippen LogP contribution < -0.4 is 0 Å². The number of esters is 1. The van der Waals surface area contributed by atoms with Crippen LogP contribution in [0.25, 0.3) is 0 Å². The number of fused-ring (bicyclic) bond motifs is 1. The summed E-state index contributed by atoms with van der Waals surface area (Å²) >= 11 is 0. The Morgan fingerprint density at radius 3 is 2.17 bits per heavy atom. The van der Waals surface area contributed by atoms with Crippen molar-refractivity contribution in [3.8, 4) is 0 Å². The number of aryl methyl sites for hydroxylation is 1. The predicted octanol–water partition coefficient (Wildman–Crippen LogP) is 2.13. The maximum absolute atomic E-state index is 12.4. The maximum Gasteiger partial charge on any atom is 0.308 e. The molecule has 1 aromatic heterocycles. The van der Waals surface area contributed by atoms with Gasteiger partial charge in [-0.25, -0.2) is 0 Å². The van der Waals surface area contributed by atoms with Crippen LogP contribution in [-0.2, 0) is 19.1 Å². The van der Waals surface area contributed by atoms with E-state index in [4.69, 9.17) is 4.74 Å². The van der Waals surface area contributed by atoms with Gasteiger partial charge in [-0.3, -0.25) is 28.9 Å². The summed E-state index contributed by atoms with van der Waals surface area (Å²) in [4.78, 5) is 64.9. The average molecular weight is 402 g/mol. The molecule has 0 unspecified atom stereocenters. The summed E-state index contributed by atoms with van der Waals surface area (Å²) in [6.07, 6.45) is 3.19. The highest BCUT2D eigenvalue weighted by molar-refractivity contribution is 6.05. The number of aromatic amines is 1. The highest BCUT2D eigenvalue weighted by Gasteiger charge is 2.47. The lowest BCUT2D eigenvalue weighted by Gasteiger charge is -2.19. The minimum Gasteiger partial charge on any atom is -0.457 e. The minimum atomic E-state index is -0.651. The molecule has 3 rings (SSSR count). The van der Waals surface area contributed by atoms with Crippen LogP contribution in [0.1, 0.15) is 71.1 Å². The van der Waals surface area contributed by atoms with Gasteiger partial charge in [-0.05, 0) is 39.2 Å². The standard InChI is InChI=1S/C21H26N2O6/c1-11-18(13(3)24)12(2)22-19(11)16(25)10-29-17(26)8-9-23-20(27)14-6-4-5-7-15(14)21(23)28/h14-15,22H,4-10H2,1-3H3/t14-,15+. The minimum absolute atomic E-state index is 0.0210. The van der Waals surface area contributed by atoms with Crippen LogP contribution in [0.3, 0.4) is 0 Å². The number of ether oxygens (including phenoxy) is 1. The SMILES string of the molecule is CC(=O)c1c(C)[nH]c(C(=O)COC(=O)CCN2C(=O)[C@H]3CCCC[C@H]3C2=O)c1C. The van der Waals surface area contributed by atoms with Crippen LogP contribution in [-0.4, -0.2) is 52.4 Å². The lowest BCUT2D eigenvalue weighted by atomic mass is 9.81. The number of nitrogens with one attached hydrogen (secondary N) is 1. The molecule has 0 radical (unpaired) electrons. The second-order valence-corrected chi connectivity index (χ2v) is 7.84. The molecular weight excluding hydrogens is 376 g/mol. The predicted molar refractivity (Wildman–Crippen MR) is 102 cm³/mol. The summed E-state index contributed by atoms with van der Waals surface area (Å²) in [5, 5.41) is 0. The third-order valence-electron chi connectivity index (χ3n) is 5.90. The number of amides is 2. The van der Waals surface area contributed by atoms with Crippen LogP contribution in [0.5, 0.6) is 0 Å². The second kappa shape index (κ2) is 8.31. The summed E-state index contributed by atoms with van der Waals surface area (Å²) in [5.41, 5.74) is 1.84. The Morgan fingerprint density at radius 2 is 1.66 bits per heavy atom. The largest absolute Gasteiger partial charge is 0.457 e. The first-order valence-corrected chi connectivity index (χ1v) is 9.96. The molecule has 156 valence electrons. The second-order valence-electron chi connectivity index (χ2n) is 7.84. The lowest BCUT2D eigenvalue weighted by Crippen LogP contribution is -2.33. The monoisotopic (exact) mass is 402 g/mol. The van der Waals surface area contributed by atoms with Crippen molar-refractivity contribution in [2.75, 3.05) is 13.2 Å². The maximum atomic E-state index is 12.4. The zero-order chi connectivity index (χ0) is 21.3. The fraction of sp³-hybridized carbons (Fsp3) is 0.571. The summed E-state index contributed by atoms with van der Waals surface area (Å²) < 4.78 is 5.03. The first-order chi connectivity index (χ1) is 13.7. The Balaban J connectivity index is 1.52. The summed E-state index contributed by atoms with van der Waals surface area (Å²) in [6.45, 7) is 4.30. The summed E-state index contributed by atoms with van der Waals surface area (Å²) in [7, 11) is 0. The third kappa shape index (κ3) is 4.02. The van der Waals surface area contributed by atoms with Crippen molar-refractivity contribution in [3.05, 3.63) is 22.5 Å². The van der Waals surface area contributed by atoms with Crippen molar-refractivity contribution < 1.29 is 28.7 Å². The van der Waals surface area contributed by atoms with Gasteiger partial charge in [0.2, 0.25) is 17.6 Å². The van der Waals surface area contributed by atoms with E-state index in [1.165, 1.54) is 11.8 Å². The summed E-state index contributed by atoms with van der Waals surface area (Å²) in [5.74, 6) is -2.12. The van der Waals surface area contributed by atoms with E-state index in [1.54, 1.807) is 13.8 Å². The van der Waals surface area contributed by atoms with Crippen molar-refractivity contribution in [2.45, 2.75) is 52.9 Å². The van der Waals surface area contributed by atoms with E-state index in [9.17, 15) is 24.0 Å². The molecule has 1 N–H and O–H groups in total. The highest BCUT2D eigenvalue weighted by atomic mass is 16.5. The van der Waals surface area contributed by atoms with Gasteiger partial charge in [-0.15, -0.1) is 0 Å². The van der Waals surface area contributed by atoms with Crippen LogP contribution >= 0.6 is 0 Å². The number of hydrogen-bond donors (Lipinski definition) is 1. The van der Waals surface area contributed by atoms with E-state index in [1.807, 2.05) is 0 Å². The molecule has 29 heavy (non-hydrogen) atoms. The molecule has 2 heterocycles. The fourth-order valence-electron chi connectivity index (χ4n) is 4.50. The van der Waals surface area contributed by atoms with E-state index in [2.05, 4.69) is 4.98 Å². The Kier molecular flexibility index (Phi) is 6.00. The van der Waals surface area contributed by atoms with Gasteiger partial charge < -0.3 is 9.72 Å². The number of hydrogen-bond acceptors (Lipinski definition) is 6. The highest BCUT2D eigenvalue weighted by Crippen LogP contribution is 2.37. The van der Waals surface area contributed by atoms with Crippen molar-refractivity contribution in [2.24, 2.45) is 11.8 Å². The number of rotatable bonds is 7. The Bertz CT molecular complexity index is 860. The van der Waals surface area contributed by atoms with Gasteiger partial charge in [0.05, 0.1) is 24.0 Å². The van der Waals surface area contributed by atoms with Gasteiger partial charge in [0.15, 0.2) is 12.4 Å². The molecule has 2 fully saturated rings. The smallest absolute Gasteiger partial charge is 0.308 e. The topological polar surface area (TPSA) is 114 Å². The molecule has 1 saturated carbocycles. The van der Waals surface area contributed by atoms with Crippen molar-refractivity contribution >= 4 is 29.4 Å². The molecule has 2 atom stereocenters. The number of nitrogens with zero attached hydrogens (tertiary/aromatic N) is 1. The number of Topliss-reactive ketones (excluding diaryl/α,β-unsaturated/α-hetero) is 2. The van der Waals surface area contributed by atoms with Crippen LogP contribution in [0.2, 0.25) is 0 Å². The molecule has 0 bridgehead atoms. The van der Waals surface area contributed by atoms with Crippen molar-refractivity contribution in [3.63, 3.8) is 0 Å². The normalized spacial score (nSPS) is 21.3. The molecule has 2 aliphatic rings. The number of imide groups is 1. The molecule has 1 aliphatic heterocycles. The average Bonchev–Trinajstić information content (AvgIpc) is 3.12. The Hall–Kier alpha value is -2.77. The number of carbonyl (C=O) groups is 5.